The van der Waals surface area contributed by atoms with E-state index in [0.717, 1.165) is 5.56 Å². The van der Waals surface area contributed by atoms with Crippen LogP contribution in [0.4, 0.5) is 16.2 Å². The fourth-order valence-electron chi connectivity index (χ4n) is 3.72. The number of hydrogen-bond acceptors (Lipinski definition) is 4. The zero-order valence-corrected chi connectivity index (χ0v) is 23.9. The van der Waals surface area contributed by atoms with Gasteiger partial charge in [0.05, 0.1) is 26.7 Å². The van der Waals surface area contributed by atoms with Crippen LogP contribution in [0.25, 0.3) is 0 Å². The van der Waals surface area contributed by atoms with Crippen molar-refractivity contribution in [1.29, 1.82) is 0 Å². The predicted molar refractivity (Wildman–Crippen MR) is 154 cm³/mol. The average Bonchev–Trinajstić information content (AvgIpc) is 2.85. The lowest BCUT2D eigenvalue weighted by molar-refractivity contribution is -0.532. The van der Waals surface area contributed by atoms with Crippen molar-refractivity contribution in [3.8, 4) is 0 Å². The Bertz CT molecular complexity index is 1430. The third-order valence-electron chi connectivity index (χ3n) is 6.18. The largest absolute Gasteiger partial charge is 0.624 e. The number of anilines is 2. The molecule has 1 atom stereocenters. The van der Waals surface area contributed by atoms with Crippen LogP contribution in [0, 0.1) is 5.21 Å². The first-order chi connectivity index (χ1) is 17.7. The van der Waals surface area contributed by atoms with Gasteiger partial charge in [-0.25, -0.2) is 18.0 Å². The van der Waals surface area contributed by atoms with Crippen molar-refractivity contribution in [3.63, 3.8) is 0 Å². The highest BCUT2D eigenvalue weighted by atomic mass is 35.5. The Morgan fingerprint density at radius 3 is 2.26 bits per heavy atom. The van der Waals surface area contributed by atoms with E-state index >= 15 is 0 Å². The molecule has 0 radical (unpaired) electrons. The monoisotopic (exact) mass is 576 g/mol. The molecular weight excluding hydrogens is 547 g/mol. The van der Waals surface area contributed by atoms with E-state index in [1.165, 1.54) is 35.6 Å². The van der Waals surface area contributed by atoms with Gasteiger partial charge in [-0.2, -0.15) is 0 Å². The van der Waals surface area contributed by atoms with Crippen LogP contribution < -0.4 is 14.9 Å². The highest BCUT2D eigenvalue weighted by Gasteiger charge is 2.26. The number of sulfonamides is 1. The summed E-state index contributed by atoms with van der Waals surface area (Å²) < 4.78 is 28.2. The van der Waals surface area contributed by atoms with E-state index in [4.69, 9.17) is 23.2 Å². The van der Waals surface area contributed by atoms with E-state index in [0.29, 0.717) is 38.1 Å². The smallest absolute Gasteiger partial charge is 0.319 e. The van der Waals surface area contributed by atoms with Crippen LogP contribution in [0.1, 0.15) is 37.9 Å². The van der Waals surface area contributed by atoms with Crippen LogP contribution in [0.5, 0.6) is 0 Å². The number of halogens is 2. The number of urea groups is 1. The maximum absolute atomic E-state index is 13.2. The zero-order valence-electron chi connectivity index (χ0n) is 21.5. The molecule has 2 N–H and O–H groups in total. The fourth-order valence-corrected chi connectivity index (χ4v) is 5.38. The number of hydroxylamine groups is 1. The zero-order chi connectivity index (χ0) is 28.3. The Morgan fingerprint density at radius 1 is 1.08 bits per heavy atom. The molecule has 0 heterocycles. The summed E-state index contributed by atoms with van der Waals surface area (Å²) in [5, 5.41) is 17.9. The number of carbonyl (C=O) groups excluding carboxylic acids is 1. The highest BCUT2D eigenvalue weighted by molar-refractivity contribution is 7.92. The van der Waals surface area contributed by atoms with Crippen LogP contribution in [-0.2, 0) is 16.4 Å². The molecule has 0 aliphatic heterocycles. The summed E-state index contributed by atoms with van der Waals surface area (Å²) in [6.45, 7) is 8.77. The lowest BCUT2D eigenvalue weighted by Gasteiger charge is -2.24. The number of nitrogens with zero attached hydrogens (tertiary/aromatic N) is 2. The molecule has 0 saturated carbocycles. The third-order valence-corrected chi connectivity index (χ3v) is 8.81. The van der Waals surface area contributed by atoms with Crippen molar-refractivity contribution in [2.45, 2.75) is 43.7 Å². The molecule has 0 aliphatic carbocycles. The van der Waals surface area contributed by atoms with Gasteiger partial charge in [-0.3, -0.25) is 4.31 Å². The molecule has 8 nitrogen and oxygen atoms in total. The molecule has 202 valence electrons. The van der Waals surface area contributed by atoms with Gasteiger partial charge < -0.3 is 15.8 Å². The van der Waals surface area contributed by atoms with Gasteiger partial charge in [-0.1, -0.05) is 47.5 Å². The van der Waals surface area contributed by atoms with Gasteiger partial charge in [0.2, 0.25) is 0 Å². The van der Waals surface area contributed by atoms with E-state index in [1.54, 1.807) is 63.2 Å². The lowest BCUT2D eigenvalue weighted by atomic mass is 9.95. The second-order valence-corrected chi connectivity index (χ2v) is 12.2. The Balaban J connectivity index is 1.66. The van der Waals surface area contributed by atoms with Gasteiger partial charge in [0, 0.05) is 33.0 Å². The molecule has 38 heavy (non-hydrogen) atoms. The summed E-state index contributed by atoms with van der Waals surface area (Å²) in [7, 11) is -2.39. The summed E-state index contributed by atoms with van der Waals surface area (Å²) in [5.41, 5.74) is 1.75. The first-order valence-corrected chi connectivity index (χ1v) is 13.9. The number of rotatable bonds is 9. The number of nitrogens with one attached hydrogen (secondary N) is 2. The number of carbonyl (C=O) groups is 1. The quantitative estimate of drug-likeness (QED) is 0.136. The Labute approximate surface area is 233 Å². The summed E-state index contributed by atoms with van der Waals surface area (Å²) in [6, 6.07) is 17.1. The van der Waals surface area contributed by atoms with Crippen molar-refractivity contribution in [2.24, 2.45) is 0 Å². The molecule has 2 amide bonds. The van der Waals surface area contributed by atoms with E-state index in [9.17, 15) is 18.4 Å². The molecule has 0 spiro atoms. The van der Waals surface area contributed by atoms with Crippen LogP contribution in [-0.4, -0.2) is 38.5 Å². The average molecular weight is 578 g/mol. The Hall–Kier alpha value is -3.27. The number of hydrogen-bond donors (Lipinski definition) is 2. The Morgan fingerprint density at radius 2 is 1.68 bits per heavy atom. The molecule has 0 fully saturated rings. The highest BCUT2D eigenvalue weighted by Crippen LogP contribution is 2.30. The lowest BCUT2D eigenvalue weighted by Crippen LogP contribution is -2.34. The summed E-state index contributed by atoms with van der Waals surface area (Å²) in [5.74, 6) is 0. The molecule has 0 saturated heterocycles. The maximum Gasteiger partial charge on any atom is 0.319 e. The SMILES string of the molecule is C=[N+]([O-])C(C)(C)Cc1ccc(N(C)S(=O)(=O)c2ccc(NC(=O)N[C@@H](C)c3cccc(Cl)c3Cl)cc2)cc1. The first-order valence-electron chi connectivity index (χ1n) is 11.7. The molecule has 3 aromatic carbocycles. The number of amides is 2. The second-order valence-electron chi connectivity index (χ2n) is 9.49. The van der Waals surface area contributed by atoms with Gasteiger partial charge in [0.1, 0.15) is 6.72 Å². The molecule has 11 heteroatoms. The van der Waals surface area contributed by atoms with Crippen LogP contribution in [0.15, 0.2) is 71.6 Å². The van der Waals surface area contributed by atoms with Crippen molar-refractivity contribution < 1.29 is 18.0 Å². The number of benzene rings is 3. The van der Waals surface area contributed by atoms with Crippen LogP contribution in [0.3, 0.4) is 0 Å². The van der Waals surface area contributed by atoms with Crippen LogP contribution >= 0.6 is 23.2 Å². The van der Waals surface area contributed by atoms with Crippen molar-refractivity contribution in [3.05, 3.63) is 93.1 Å². The molecule has 0 unspecified atom stereocenters. The van der Waals surface area contributed by atoms with E-state index < -0.39 is 27.6 Å². The molecule has 0 aromatic heterocycles. The summed E-state index contributed by atoms with van der Waals surface area (Å²) in [6.07, 6.45) is 0.462. The van der Waals surface area contributed by atoms with Crippen molar-refractivity contribution in [2.75, 3.05) is 16.7 Å². The van der Waals surface area contributed by atoms with Gasteiger partial charge in [0.15, 0.2) is 5.54 Å². The van der Waals surface area contributed by atoms with Crippen LogP contribution in [0.2, 0.25) is 10.0 Å². The van der Waals surface area contributed by atoms with Crippen molar-refractivity contribution in [1.82, 2.24) is 5.32 Å². The van der Waals surface area contributed by atoms with E-state index in [1.807, 2.05) is 0 Å². The Kier molecular flexibility index (Phi) is 8.97. The maximum atomic E-state index is 13.2. The fraction of sp³-hybridized carbons (Fsp3) is 0.259. The molecule has 3 rings (SSSR count). The van der Waals surface area contributed by atoms with E-state index in [-0.39, 0.29) is 4.90 Å². The van der Waals surface area contributed by atoms with Gasteiger partial charge >= 0.3 is 6.03 Å². The first kappa shape index (κ1) is 29.3. The summed E-state index contributed by atoms with van der Waals surface area (Å²) >= 11 is 12.3. The third kappa shape index (κ3) is 6.78. The summed E-state index contributed by atoms with van der Waals surface area (Å²) in [4.78, 5) is 12.5. The van der Waals surface area contributed by atoms with Crippen molar-refractivity contribution >= 4 is 57.3 Å². The minimum atomic E-state index is -3.85. The molecule has 0 aliphatic rings. The topological polar surface area (TPSA) is 105 Å². The van der Waals surface area contributed by atoms with E-state index in [2.05, 4.69) is 17.4 Å². The second kappa shape index (κ2) is 11.6. The molecule has 0 bridgehead atoms. The standard InChI is InChI=1S/C27H30Cl2N4O4S/c1-18(23-7-6-8-24(28)25(23)29)30-26(34)31-20-11-15-22(16-12-20)38(36,37)32(4)21-13-9-19(10-14-21)17-27(2,3)33(5)35/h6-16,18H,5,17H2,1-4H3,(H2,30,31,34)/t18-/m0/s1. The van der Waals surface area contributed by atoms with Gasteiger partial charge in [-0.05, 0) is 60.5 Å². The molecule has 3 aromatic rings. The van der Waals surface area contributed by atoms with Gasteiger partial charge in [-0.15, -0.1) is 0 Å². The minimum absolute atomic E-state index is 0.0642. The normalized spacial score (nSPS) is 12.5. The minimum Gasteiger partial charge on any atom is -0.624 e. The molecular formula is C27H30Cl2N4O4S. The predicted octanol–water partition coefficient (Wildman–Crippen LogP) is 6.23. The van der Waals surface area contributed by atoms with Gasteiger partial charge in [0.25, 0.3) is 10.0 Å².